The number of aromatic nitrogens is 4. The molecule has 6 rings (SSSR count). The molecule has 0 bridgehead atoms. The van der Waals surface area contributed by atoms with Crippen molar-refractivity contribution in [2.45, 2.75) is 38.5 Å². The SMILES string of the molecule is O=C(O)CCC(=O)O.c1cnc2cc3c(cc2n1)CCNCC3.c1cnc2cc3c(cc2n1)CCNCC3. The third-order valence-electron chi connectivity index (χ3n) is 6.42. The summed E-state index contributed by atoms with van der Waals surface area (Å²) in [6.45, 7) is 4.27. The first-order valence-corrected chi connectivity index (χ1v) is 12.8. The van der Waals surface area contributed by atoms with E-state index in [9.17, 15) is 9.59 Å². The molecule has 0 amide bonds. The molecule has 0 aliphatic carbocycles. The van der Waals surface area contributed by atoms with Crippen molar-refractivity contribution in [3.05, 3.63) is 71.3 Å². The molecule has 2 aromatic heterocycles. The van der Waals surface area contributed by atoms with E-state index in [2.05, 4.69) is 54.8 Å². The second-order valence-electron chi connectivity index (χ2n) is 9.12. The maximum absolute atomic E-state index is 9.64. The Kier molecular flexibility index (Phi) is 9.60. The minimum absolute atomic E-state index is 0.296. The van der Waals surface area contributed by atoms with Crippen molar-refractivity contribution in [2.75, 3.05) is 26.2 Å². The molecule has 0 unspecified atom stereocenters. The normalized spacial score (nSPS) is 14.4. The maximum Gasteiger partial charge on any atom is 0.303 e. The van der Waals surface area contributed by atoms with Crippen LogP contribution in [0.25, 0.3) is 22.1 Å². The molecule has 2 aliphatic rings. The van der Waals surface area contributed by atoms with Crippen molar-refractivity contribution in [3.8, 4) is 0 Å². The molecule has 0 fully saturated rings. The van der Waals surface area contributed by atoms with E-state index < -0.39 is 11.9 Å². The number of hydrogen-bond acceptors (Lipinski definition) is 8. The summed E-state index contributed by atoms with van der Waals surface area (Å²) >= 11 is 0. The number of carboxylic acid groups (broad SMARTS) is 2. The first-order chi connectivity index (χ1) is 18.5. The van der Waals surface area contributed by atoms with Gasteiger partial charge in [-0.3, -0.25) is 29.5 Å². The van der Waals surface area contributed by atoms with Crippen molar-refractivity contribution in [3.63, 3.8) is 0 Å². The number of carbonyl (C=O) groups is 2. The lowest BCUT2D eigenvalue weighted by Gasteiger charge is -2.05. The zero-order valence-electron chi connectivity index (χ0n) is 21.2. The number of nitrogens with zero attached hydrogens (tertiary/aromatic N) is 4. The van der Waals surface area contributed by atoms with Crippen LogP contribution in [-0.2, 0) is 35.3 Å². The molecule has 0 spiro atoms. The molecule has 2 aromatic carbocycles. The Bertz CT molecular complexity index is 1210. The molecule has 10 nitrogen and oxygen atoms in total. The standard InChI is InChI=1S/2C12H13N3.C4H6O4/c2*1-3-13-4-2-10-8-12-11(7-9(1)10)14-5-6-15-12;5-3(6)1-2-4(7)8/h2*5-8,13H,1-4H2;1-2H2,(H,5,6)(H,7,8). The predicted molar refractivity (Wildman–Crippen MR) is 144 cm³/mol. The van der Waals surface area contributed by atoms with Gasteiger partial charge in [-0.2, -0.15) is 0 Å². The van der Waals surface area contributed by atoms with Crippen LogP contribution in [0.5, 0.6) is 0 Å². The summed E-state index contributed by atoms with van der Waals surface area (Å²) in [5, 5.41) is 22.6. The Labute approximate surface area is 220 Å². The highest BCUT2D eigenvalue weighted by atomic mass is 16.4. The van der Waals surface area contributed by atoms with Crippen molar-refractivity contribution in [1.82, 2.24) is 30.6 Å². The molecule has 4 heterocycles. The summed E-state index contributed by atoms with van der Waals surface area (Å²) in [5.74, 6) is -2.15. The lowest BCUT2D eigenvalue weighted by molar-refractivity contribution is -0.143. The van der Waals surface area contributed by atoms with Gasteiger partial charge in [0.1, 0.15) is 0 Å². The van der Waals surface area contributed by atoms with Gasteiger partial charge in [0.25, 0.3) is 0 Å². The highest BCUT2D eigenvalue weighted by Gasteiger charge is 2.10. The van der Waals surface area contributed by atoms with Crippen molar-refractivity contribution in [2.24, 2.45) is 0 Å². The average molecular weight is 517 g/mol. The second kappa shape index (κ2) is 13.5. The van der Waals surface area contributed by atoms with Crippen LogP contribution in [0.3, 0.4) is 0 Å². The van der Waals surface area contributed by atoms with Gasteiger partial charge >= 0.3 is 11.9 Å². The summed E-state index contributed by atoms with van der Waals surface area (Å²) in [5.41, 5.74) is 9.75. The number of aliphatic carboxylic acids is 2. The number of fused-ring (bicyclic) bond motifs is 4. The van der Waals surface area contributed by atoms with Crippen LogP contribution in [-0.4, -0.2) is 68.3 Å². The number of nitrogens with one attached hydrogen (secondary N) is 2. The highest BCUT2D eigenvalue weighted by Crippen LogP contribution is 2.20. The minimum Gasteiger partial charge on any atom is -0.481 e. The van der Waals surface area contributed by atoms with Crippen molar-refractivity contribution < 1.29 is 19.8 Å². The van der Waals surface area contributed by atoms with Crippen LogP contribution in [0.2, 0.25) is 0 Å². The third-order valence-corrected chi connectivity index (χ3v) is 6.42. The molecule has 4 aromatic rings. The lowest BCUT2D eigenvalue weighted by Crippen LogP contribution is -2.16. The van der Waals surface area contributed by atoms with Gasteiger partial charge in [-0.1, -0.05) is 0 Å². The summed E-state index contributed by atoms with van der Waals surface area (Å²) in [4.78, 5) is 36.6. The molecule has 2 aliphatic heterocycles. The smallest absolute Gasteiger partial charge is 0.303 e. The summed E-state index contributed by atoms with van der Waals surface area (Å²) < 4.78 is 0. The Morgan fingerprint density at radius 2 is 0.816 bits per heavy atom. The molecule has 198 valence electrons. The van der Waals surface area contributed by atoms with E-state index >= 15 is 0 Å². The third kappa shape index (κ3) is 7.74. The van der Waals surface area contributed by atoms with Gasteiger partial charge in [0, 0.05) is 24.8 Å². The maximum atomic E-state index is 9.64. The molecule has 38 heavy (non-hydrogen) atoms. The van der Waals surface area contributed by atoms with Gasteiger partial charge in [-0.05, 0) is 98.4 Å². The fourth-order valence-electron chi connectivity index (χ4n) is 4.48. The molecular weight excluding hydrogens is 484 g/mol. The average Bonchev–Trinajstić information content (AvgIpc) is 3.30. The lowest BCUT2D eigenvalue weighted by atomic mass is 10.0. The molecule has 0 saturated heterocycles. The van der Waals surface area contributed by atoms with Gasteiger partial charge in [0.2, 0.25) is 0 Å². The van der Waals surface area contributed by atoms with E-state index in [1.165, 1.54) is 22.3 Å². The predicted octanol–water partition coefficient (Wildman–Crippen LogP) is 2.57. The first kappa shape index (κ1) is 27.0. The Morgan fingerprint density at radius 1 is 0.553 bits per heavy atom. The molecule has 4 N–H and O–H groups in total. The molecule has 0 atom stereocenters. The Balaban J connectivity index is 0.000000140. The van der Waals surface area contributed by atoms with Crippen LogP contribution in [0.15, 0.2) is 49.1 Å². The Morgan fingerprint density at radius 3 is 1.05 bits per heavy atom. The zero-order valence-corrected chi connectivity index (χ0v) is 21.2. The summed E-state index contributed by atoms with van der Waals surface area (Å²) in [7, 11) is 0. The number of benzene rings is 2. The van der Waals surface area contributed by atoms with Crippen molar-refractivity contribution in [1.29, 1.82) is 0 Å². The van der Waals surface area contributed by atoms with E-state index in [1.807, 2.05) is 0 Å². The molecule has 0 saturated carbocycles. The highest BCUT2D eigenvalue weighted by molar-refractivity contribution is 5.77. The van der Waals surface area contributed by atoms with Gasteiger partial charge in [0.15, 0.2) is 0 Å². The van der Waals surface area contributed by atoms with Gasteiger partial charge in [0.05, 0.1) is 34.9 Å². The number of hydrogen-bond donors (Lipinski definition) is 4. The van der Waals surface area contributed by atoms with Crippen LogP contribution < -0.4 is 10.6 Å². The number of carboxylic acids is 2. The van der Waals surface area contributed by atoms with Crippen LogP contribution in [0, 0.1) is 0 Å². The molecular formula is C28H32N6O4. The van der Waals surface area contributed by atoms with Crippen LogP contribution in [0.4, 0.5) is 0 Å². The second-order valence-corrected chi connectivity index (χ2v) is 9.12. The quantitative estimate of drug-likeness (QED) is 0.320. The van der Waals surface area contributed by atoms with Crippen LogP contribution >= 0.6 is 0 Å². The zero-order chi connectivity index (χ0) is 26.7. The van der Waals surface area contributed by atoms with Gasteiger partial charge < -0.3 is 20.8 Å². The van der Waals surface area contributed by atoms with E-state index in [4.69, 9.17) is 10.2 Å². The Hall–Kier alpha value is -4.02. The summed E-state index contributed by atoms with van der Waals surface area (Å²) in [6.07, 6.45) is 10.8. The topological polar surface area (TPSA) is 150 Å². The fraction of sp³-hybridized carbons (Fsp3) is 0.357. The van der Waals surface area contributed by atoms with E-state index in [0.29, 0.717) is 0 Å². The van der Waals surface area contributed by atoms with Crippen LogP contribution in [0.1, 0.15) is 35.1 Å². The molecule has 0 radical (unpaired) electrons. The van der Waals surface area contributed by atoms with Gasteiger partial charge in [-0.15, -0.1) is 0 Å². The van der Waals surface area contributed by atoms with E-state index in [-0.39, 0.29) is 12.8 Å². The van der Waals surface area contributed by atoms with E-state index in [1.54, 1.807) is 24.8 Å². The van der Waals surface area contributed by atoms with Gasteiger partial charge in [-0.25, -0.2) is 0 Å². The summed E-state index contributed by atoms with van der Waals surface area (Å²) in [6, 6.07) is 8.74. The monoisotopic (exact) mass is 516 g/mol. The van der Waals surface area contributed by atoms with Crippen molar-refractivity contribution >= 4 is 34.0 Å². The first-order valence-electron chi connectivity index (χ1n) is 12.8. The van der Waals surface area contributed by atoms with E-state index in [0.717, 1.165) is 73.9 Å². The minimum atomic E-state index is -1.08. The largest absolute Gasteiger partial charge is 0.481 e. The fourth-order valence-corrected chi connectivity index (χ4v) is 4.48. The number of rotatable bonds is 3. The molecule has 10 heteroatoms.